The van der Waals surface area contributed by atoms with Gasteiger partial charge in [0.25, 0.3) is 0 Å². The molecule has 2 nitrogen and oxygen atoms in total. The molecule has 16 heavy (non-hydrogen) atoms. The van der Waals surface area contributed by atoms with Crippen LogP contribution in [0.5, 0.6) is 0 Å². The van der Waals surface area contributed by atoms with E-state index in [1.165, 1.54) is 11.4 Å². The molecule has 0 amide bonds. The van der Waals surface area contributed by atoms with Gasteiger partial charge < -0.3 is 24.8 Å². The lowest BCUT2D eigenvalue weighted by Crippen LogP contribution is -3.00. The molecule has 4 heteroatoms. The van der Waals surface area contributed by atoms with E-state index in [1.54, 1.807) is 0 Å². The van der Waals surface area contributed by atoms with E-state index in [-0.39, 0.29) is 24.8 Å². The molecule has 0 atom stereocenters. The monoisotopic (exact) mass is 264 g/mol. The fourth-order valence-electron chi connectivity index (χ4n) is 1.60. The molecule has 0 bridgehead atoms. The average molecular weight is 265 g/mol. The summed E-state index contributed by atoms with van der Waals surface area (Å²) in [5.41, 5.74) is 2.75. The number of rotatable bonds is 2. The third kappa shape index (κ3) is 4.30. The van der Waals surface area contributed by atoms with Crippen LogP contribution in [0.2, 0.25) is 0 Å². The molecule has 0 aromatic heterocycles. The molecule has 94 valence electrons. The van der Waals surface area contributed by atoms with Crippen LogP contribution >= 0.6 is 0 Å². The highest BCUT2D eigenvalue weighted by Gasteiger charge is 2.25. The summed E-state index contributed by atoms with van der Waals surface area (Å²) in [6.07, 6.45) is 0. The van der Waals surface area contributed by atoms with Crippen LogP contribution < -0.4 is 33.8 Å². The number of nitrogens with zero attached hydrogens (tertiary/aromatic N) is 2. The summed E-state index contributed by atoms with van der Waals surface area (Å²) in [6.45, 7) is 0. The molecule has 0 spiro atoms. The van der Waals surface area contributed by atoms with Gasteiger partial charge in [0.2, 0.25) is 0 Å². The summed E-state index contributed by atoms with van der Waals surface area (Å²) in [6, 6.07) is 8.63. The van der Waals surface area contributed by atoms with E-state index in [9.17, 15) is 0 Å². The van der Waals surface area contributed by atoms with E-state index in [2.05, 4.69) is 66.6 Å². The van der Waals surface area contributed by atoms with Crippen LogP contribution in [0.1, 0.15) is 0 Å². The molecule has 0 N–H and O–H groups in total. The van der Waals surface area contributed by atoms with Crippen LogP contribution in [-0.4, -0.2) is 42.3 Å². The molecule has 1 rings (SSSR count). The lowest BCUT2D eigenvalue weighted by Gasteiger charge is -2.31. The SMILES string of the molecule is C[N+](C)(C)c1ccccc1[N+](C)(C)C.[Cl-].[Cl-]. The van der Waals surface area contributed by atoms with Crippen molar-refractivity contribution in [1.29, 1.82) is 0 Å². The summed E-state index contributed by atoms with van der Waals surface area (Å²) in [5.74, 6) is 0. The fourth-order valence-corrected chi connectivity index (χ4v) is 1.60. The minimum atomic E-state index is 0. The van der Waals surface area contributed by atoms with Gasteiger partial charge >= 0.3 is 0 Å². The zero-order chi connectivity index (χ0) is 11.0. The highest BCUT2D eigenvalue weighted by Crippen LogP contribution is 2.32. The zero-order valence-corrected chi connectivity index (χ0v) is 12.5. The van der Waals surface area contributed by atoms with E-state index in [4.69, 9.17) is 0 Å². The van der Waals surface area contributed by atoms with Gasteiger partial charge in [-0.05, 0) is 0 Å². The Labute approximate surface area is 112 Å². The molecule has 0 aliphatic rings. The van der Waals surface area contributed by atoms with Gasteiger partial charge in [0.05, 0.1) is 42.3 Å². The topological polar surface area (TPSA) is 0 Å². The van der Waals surface area contributed by atoms with Crippen molar-refractivity contribution in [2.45, 2.75) is 0 Å². The van der Waals surface area contributed by atoms with Gasteiger partial charge in [0, 0.05) is 12.1 Å². The Morgan fingerprint density at radius 3 is 1.06 bits per heavy atom. The highest BCUT2D eigenvalue weighted by molar-refractivity contribution is 5.65. The lowest BCUT2D eigenvalue weighted by molar-refractivity contribution is -0.001000. The quantitative estimate of drug-likeness (QED) is 0.480. The lowest BCUT2D eigenvalue weighted by atomic mass is 10.2. The van der Waals surface area contributed by atoms with E-state index in [1.807, 2.05) is 0 Å². The predicted octanol–water partition coefficient (Wildman–Crippen LogP) is -3.91. The maximum Gasteiger partial charge on any atom is 0.193 e. The van der Waals surface area contributed by atoms with Crippen LogP contribution in [0.25, 0.3) is 0 Å². The molecule has 0 radical (unpaired) electrons. The van der Waals surface area contributed by atoms with E-state index in [0.717, 1.165) is 8.97 Å². The third-order valence-electron chi connectivity index (χ3n) is 2.33. The summed E-state index contributed by atoms with van der Waals surface area (Å²) in [4.78, 5) is 0. The van der Waals surface area contributed by atoms with Gasteiger partial charge in [0.15, 0.2) is 11.4 Å². The van der Waals surface area contributed by atoms with Crippen molar-refractivity contribution in [2.24, 2.45) is 0 Å². The molecular formula is C12H22Cl2N2. The second-order valence-corrected chi connectivity index (χ2v) is 5.51. The first-order chi connectivity index (χ1) is 6.23. The van der Waals surface area contributed by atoms with Gasteiger partial charge in [-0.2, -0.15) is 0 Å². The van der Waals surface area contributed by atoms with E-state index < -0.39 is 0 Å². The average Bonchev–Trinajstić information content (AvgIpc) is 2.01. The molecule has 0 unspecified atom stereocenters. The molecule has 0 fully saturated rings. The Balaban J connectivity index is 0. The fraction of sp³-hybridized carbons (Fsp3) is 0.500. The van der Waals surface area contributed by atoms with Crippen molar-refractivity contribution in [3.63, 3.8) is 0 Å². The molecule has 1 aromatic rings. The van der Waals surface area contributed by atoms with Gasteiger partial charge in [0.1, 0.15) is 0 Å². The highest BCUT2D eigenvalue weighted by atomic mass is 35.5. The van der Waals surface area contributed by atoms with Crippen molar-refractivity contribution in [1.82, 2.24) is 8.97 Å². The van der Waals surface area contributed by atoms with E-state index >= 15 is 0 Å². The van der Waals surface area contributed by atoms with Gasteiger partial charge in [-0.25, -0.2) is 0 Å². The first-order valence-corrected chi connectivity index (χ1v) is 4.96. The molecule has 0 saturated heterocycles. The number of hydrogen-bond donors (Lipinski definition) is 0. The summed E-state index contributed by atoms with van der Waals surface area (Å²) >= 11 is 0. The smallest absolute Gasteiger partial charge is 0.193 e. The number of benzene rings is 1. The molecule has 1 aromatic carbocycles. The van der Waals surface area contributed by atoms with Crippen LogP contribution in [0.15, 0.2) is 24.3 Å². The first kappa shape index (κ1) is 18.1. The summed E-state index contributed by atoms with van der Waals surface area (Å²) in [5, 5.41) is 0. The molecule has 0 aliphatic carbocycles. The Morgan fingerprint density at radius 1 is 0.625 bits per heavy atom. The molecular weight excluding hydrogens is 243 g/mol. The van der Waals surface area contributed by atoms with Crippen molar-refractivity contribution < 1.29 is 24.8 Å². The van der Waals surface area contributed by atoms with Crippen LogP contribution in [0, 0.1) is 0 Å². The number of halogens is 2. The molecule has 0 aliphatic heterocycles. The van der Waals surface area contributed by atoms with Crippen LogP contribution in [0.4, 0.5) is 11.4 Å². The first-order valence-electron chi connectivity index (χ1n) is 4.96. The maximum atomic E-state index is 2.21. The Bertz CT molecular complexity index is 292. The number of hydrogen-bond acceptors (Lipinski definition) is 0. The zero-order valence-electron chi connectivity index (χ0n) is 11.0. The van der Waals surface area contributed by atoms with Crippen molar-refractivity contribution >= 4 is 11.4 Å². The second kappa shape index (κ2) is 5.87. The van der Waals surface area contributed by atoms with Gasteiger partial charge in [-0.1, -0.05) is 12.1 Å². The van der Waals surface area contributed by atoms with Crippen molar-refractivity contribution in [2.75, 3.05) is 42.3 Å². The molecule has 0 saturated carbocycles. The van der Waals surface area contributed by atoms with Gasteiger partial charge in [-0.3, -0.25) is 8.97 Å². The normalized spacial score (nSPS) is 11.4. The van der Waals surface area contributed by atoms with E-state index in [0.29, 0.717) is 0 Å². The number of para-hydroxylation sites is 2. The second-order valence-electron chi connectivity index (χ2n) is 5.51. The van der Waals surface area contributed by atoms with Crippen molar-refractivity contribution in [3.05, 3.63) is 24.3 Å². The largest absolute Gasteiger partial charge is 1.00 e. The standard InChI is InChI=1S/C12H22N2.2ClH/c1-13(2,3)11-9-7-8-10-12(11)14(4,5)6;;/h7-10H,1-6H3;2*1H/q+2;;/p-2. The van der Waals surface area contributed by atoms with Crippen LogP contribution in [-0.2, 0) is 0 Å². The predicted molar refractivity (Wildman–Crippen MR) is 65.6 cm³/mol. The minimum absolute atomic E-state index is 0. The summed E-state index contributed by atoms with van der Waals surface area (Å²) in [7, 11) is 13.2. The van der Waals surface area contributed by atoms with Crippen LogP contribution in [0.3, 0.4) is 0 Å². The summed E-state index contributed by atoms with van der Waals surface area (Å²) < 4.78 is 1.73. The maximum absolute atomic E-state index is 2.21. The molecule has 0 heterocycles. The Kier molecular flexibility index (Phi) is 6.64. The Hall–Kier alpha value is -0.280. The third-order valence-corrected chi connectivity index (χ3v) is 2.33. The minimum Gasteiger partial charge on any atom is -1.00 e. The number of quaternary nitrogens is 2. The van der Waals surface area contributed by atoms with Crippen molar-refractivity contribution in [3.8, 4) is 0 Å². The Morgan fingerprint density at radius 2 is 0.875 bits per heavy atom. The van der Waals surface area contributed by atoms with Gasteiger partial charge in [-0.15, -0.1) is 0 Å².